The average Bonchev–Trinajstić information content (AvgIpc) is 3.96. The molecule has 14 rings (SSSR count). The number of allylic oxidation sites excluding steroid dienone is 2. The first-order chi connectivity index (χ1) is 28.8. The van der Waals surface area contributed by atoms with Gasteiger partial charge in [0.15, 0.2) is 11.5 Å². The van der Waals surface area contributed by atoms with Crippen LogP contribution in [-0.4, -0.2) is 54.9 Å². The van der Waals surface area contributed by atoms with E-state index in [0.29, 0.717) is 5.82 Å². The minimum atomic E-state index is -0.130. The first-order valence-corrected chi connectivity index (χ1v) is 19.2. The molecular weight excluding hydrogens is 715 g/mol. The first kappa shape index (κ1) is 30.1. The summed E-state index contributed by atoms with van der Waals surface area (Å²) in [5.74, 6) is 0.643. The van der Waals surface area contributed by atoms with Gasteiger partial charge in [0.05, 0.1) is 33.0 Å². The van der Waals surface area contributed by atoms with E-state index < -0.39 is 0 Å². The van der Waals surface area contributed by atoms with Crippen molar-refractivity contribution < 1.29 is 0 Å². The molecule has 0 radical (unpaired) electrons. The molecule has 0 fully saturated rings. The fourth-order valence-electron chi connectivity index (χ4n) is 10.0. The summed E-state index contributed by atoms with van der Waals surface area (Å²) < 4.78 is 9.46. The molecule has 58 heavy (non-hydrogen) atoms. The normalized spacial score (nSPS) is 13.5. The molecule has 0 saturated carbocycles. The molecule has 0 amide bonds. The van der Waals surface area contributed by atoms with E-state index >= 15 is 0 Å². The van der Waals surface area contributed by atoms with Gasteiger partial charge in [0.25, 0.3) is 6.71 Å². The summed E-state index contributed by atoms with van der Waals surface area (Å²) in [6, 6.07) is 33.8. The number of benzene rings is 3. The summed E-state index contributed by atoms with van der Waals surface area (Å²) in [6.07, 6.45) is 17.4. The van der Waals surface area contributed by atoms with Gasteiger partial charge in [0.2, 0.25) is 0 Å². The van der Waals surface area contributed by atoms with Crippen LogP contribution in [0.4, 0.5) is 0 Å². The third-order valence-electron chi connectivity index (χ3n) is 12.1. The third-order valence-corrected chi connectivity index (χ3v) is 12.1. The van der Waals surface area contributed by atoms with Crippen molar-refractivity contribution in [3.05, 3.63) is 163 Å². The number of hydrogen-bond donors (Lipinski definition) is 0. The summed E-state index contributed by atoms with van der Waals surface area (Å²) in [7, 11) is 0. The molecule has 0 saturated heterocycles. The van der Waals surface area contributed by atoms with Crippen LogP contribution >= 0.6 is 0 Å². The van der Waals surface area contributed by atoms with Crippen molar-refractivity contribution in [3.63, 3.8) is 0 Å². The van der Waals surface area contributed by atoms with E-state index in [0.717, 1.165) is 94.9 Å². The van der Waals surface area contributed by atoms with Crippen molar-refractivity contribution in [1.82, 2.24) is 48.2 Å². The maximum Gasteiger partial charge on any atom is 0.252 e. The van der Waals surface area contributed by atoms with E-state index in [2.05, 4.69) is 115 Å². The smallest absolute Gasteiger partial charge is 0.252 e. The van der Waals surface area contributed by atoms with Crippen molar-refractivity contribution >= 4 is 84.5 Å². The number of fused-ring (bicyclic) bond motifs is 14. The lowest BCUT2D eigenvalue weighted by molar-refractivity contribution is 1.00. The molecule has 0 spiro atoms. The molecule has 2 aliphatic heterocycles. The highest BCUT2D eigenvalue weighted by molar-refractivity contribution is 7.03. The van der Waals surface area contributed by atoms with E-state index in [9.17, 15) is 0 Å². The zero-order chi connectivity index (χ0) is 37.6. The Balaban J connectivity index is 1.24. The number of aromatic nitrogens is 10. The molecule has 10 nitrogen and oxygen atoms in total. The molecule has 3 aromatic carbocycles. The highest BCUT2D eigenvalue weighted by atomic mass is 15.2. The molecule has 10 heterocycles. The maximum atomic E-state index is 5.18. The summed E-state index contributed by atoms with van der Waals surface area (Å²) in [5, 5.41) is 2.05. The number of hydrogen-bond acceptors (Lipinski definition) is 6. The van der Waals surface area contributed by atoms with Crippen LogP contribution in [0.2, 0.25) is 0 Å². The Labute approximate surface area is 329 Å². The number of para-hydroxylation sites is 2. The van der Waals surface area contributed by atoms with E-state index in [-0.39, 0.29) is 6.71 Å². The van der Waals surface area contributed by atoms with Gasteiger partial charge >= 0.3 is 0 Å². The zero-order valence-corrected chi connectivity index (χ0v) is 30.5. The number of rotatable bonds is 3. The Kier molecular flexibility index (Phi) is 5.60. The first-order valence-electron chi connectivity index (χ1n) is 19.2. The molecule has 266 valence electrons. The Morgan fingerprint density at radius 3 is 2.09 bits per heavy atom. The topological polar surface area (TPSA) is 97.1 Å². The second kappa shape index (κ2) is 10.8. The highest BCUT2D eigenvalue weighted by Crippen LogP contribution is 2.48. The van der Waals surface area contributed by atoms with Gasteiger partial charge in [-0.2, -0.15) is 0 Å². The fourth-order valence-corrected chi connectivity index (χ4v) is 10.0. The van der Waals surface area contributed by atoms with E-state index in [1.807, 2.05) is 49.1 Å². The van der Waals surface area contributed by atoms with Gasteiger partial charge < -0.3 is 0 Å². The van der Waals surface area contributed by atoms with Crippen LogP contribution in [0.3, 0.4) is 0 Å². The molecule has 0 unspecified atom stereocenters. The standard InChI is InChI=1S/C47H25BN10/c1-3-11-28(12-4-1)55-33-17-9-19-49-39(33)37-40-43-32(18-22-50-40)48-31-16-8-7-15-30-36-41-45(54-24-23-51-41)56(29-13-5-2-6-14-29)46(36)57(42(30)31)34-25-27(44-52-20-10-21-53-44)26-35(38(34)48)58(43)47(37)55/h1-6,8-26H. The van der Waals surface area contributed by atoms with Gasteiger partial charge in [-0.3, -0.25) is 33.2 Å². The predicted molar refractivity (Wildman–Crippen MR) is 229 cm³/mol. The summed E-state index contributed by atoms with van der Waals surface area (Å²) in [4.78, 5) is 29.8. The quantitative estimate of drug-likeness (QED) is 0.136. The van der Waals surface area contributed by atoms with Crippen LogP contribution in [0.25, 0.3) is 101 Å². The van der Waals surface area contributed by atoms with Crippen LogP contribution in [-0.2, 0) is 0 Å². The van der Waals surface area contributed by atoms with Crippen molar-refractivity contribution in [3.8, 4) is 34.1 Å². The monoisotopic (exact) mass is 740 g/mol. The largest absolute Gasteiger partial charge is 0.296 e. The lowest BCUT2D eigenvalue weighted by Gasteiger charge is -2.35. The van der Waals surface area contributed by atoms with E-state index in [1.165, 1.54) is 16.4 Å². The third kappa shape index (κ3) is 3.60. The highest BCUT2D eigenvalue weighted by Gasteiger charge is 2.45. The van der Waals surface area contributed by atoms with Gasteiger partial charge in [0, 0.05) is 71.1 Å². The number of pyridine rings is 2. The molecular formula is C47H25BN10. The van der Waals surface area contributed by atoms with Crippen LogP contribution in [0.1, 0.15) is 11.3 Å². The van der Waals surface area contributed by atoms with E-state index in [4.69, 9.17) is 29.9 Å². The van der Waals surface area contributed by atoms with Gasteiger partial charge in [0.1, 0.15) is 22.3 Å². The Hall–Kier alpha value is -8.14. The SMILES string of the molecule is C1=CC=C2B3c4c(cc(-c5ncccn5)cc4-n4c5c3ccnc5c3c5ncccc5n(-c5ccccc5)c34)-n3c2c(c2c4nccnc4n(-c4ccccc4)c23)C=1. The lowest BCUT2D eigenvalue weighted by atomic mass is 9.33. The summed E-state index contributed by atoms with van der Waals surface area (Å²) >= 11 is 0. The minimum absolute atomic E-state index is 0.130. The molecule has 11 aromatic rings. The molecule has 3 aliphatic rings. The molecule has 0 atom stereocenters. The minimum Gasteiger partial charge on any atom is -0.296 e. The molecule has 11 heteroatoms. The van der Waals surface area contributed by atoms with Crippen molar-refractivity contribution in [2.75, 3.05) is 0 Å². The predicted octanol–water partition coefficient (Wildman–Crippen LogP) is 7.69. The molecule has 0 bridgehead atoms. The van der Waals surface area contributed by atoms with Crippen LogP contribution in [0.5, 0.6) is 0 Å². The zero-order valence-electron chi connectivity index (χ0n) is 30.5. The van der Waals surface area contributed by atoms with Gasteiger partial charge in [-0.05, 0) is 89.2 Å². The summed E-state index contributed by atoms with van der Waals surface area (Å²) in [5.41, 5.74) is 21.8. The van der Waals surface area contributed by atoms with Crippen LogP contribution in [0.15, 0.2) is 152 Å². The van der Waals surface area contributed by atoms with Crippen molar-refractivity contribution in [2.24, 2.45) is 0 Å². The molecule has 1 aliphatic carbocycles. The van der Waals surface area contributed by atoms with Crippen molar-refractivity contribution in [2.45, 2.75) is 0 Å². The van der Waals surface area contributed by atoms with Crippen LogP contribution in [0, 0.1) is 0 Å². The van der Waals surface area contributed by atoms with Crippen LogP contribution < -0.4 is 10.9 Å². The second-order valence-electron chi connectivity index (χ2n) is 14.9. The molecule has 0 N–H and O–H groups in total. The van der Waals surface area contributed by atoms with E-state index in [1.54, 1.807) is 12.4 Å². The van der Waals surface area contributed by atoms with Gasteiger partial charge in [-0.1, -0.05) is 42.5 Å². The Morgan fingerprint density at radius 1 is 0.552 bits per heavy atom. The average molecular weight is 741 g/mol. The van der Waals surface area contributed by atoms with Gasteiger partial charge in [-0.25, -0.2) is 15.0 Å². The fraction of sp³-hybridized carbons (Fsp3) is 0. The number of nitrogens with zero attached hydrogens (tertiary/aromatic N) is 10. The maximum absolute atomic E-state index is 5.18. The van der Waals surface area contributed by atoms with Gasteiger partial charge in [-0.15, -0.1) is 5.73 Å². The summed E-state index contributed by atoms with van der Waals surface area (Å²) in [6.45, 7) is -0.130. The lowest BCUT2D eigenvalue weighted by Crippen LogP contribution is -2.53. The molecule has 8 aromatic heterocycles. The second-order valence-corrected chi connectivity index (χ2v) is 14.9. The Bertz CT molecular complexity index is 3720. The van der Waals surface area contributed by atoms with Crippen molar-refractivity contribution in [1.29, 1.82) is 0 Å². The Morgan fingerprint density at radius 2 is 1.26 bits per heavy atom.